The van der Waals surface area contributed by atoms with Crippen LogP contribution >= 0.6 is 0 Å². The third kappa shape index (κ3) is 6.79. The van der Waals surface area contributed by atoms with Crippen molar-refractivity contribution in [2.24, 2.45) is 0 Å². The molecule has 0 saturated heterocycles. The van der Waals surface area contributed by atoms with Gasteiger partial charge in [-0.25, -0.2) is 35.9 Å². The topological polar surface area (TPSA) is 138 Å². The zero-order valence-corrected chi connectivity index (χ0v) is 23.4. The predicted molar refractivity (Wildman–Crippen MR) is 149 cm³/mol. The summed E-state index contributed by atoms with van der Waals surface area (Å²) in [4.78, 5) is 21.0. The van der Waals surface area contributed by atoms with Gasteiger partial charge in [0.05, 0.1) is 15.5 Å². The molecule has 0 bridgehead atoms. The minimum absolute atomic E-state index is 0.0370. The molecule has 208 valence electrons. The molecule has 4 rings (SSSR count). The summed E-state index contributed by atoms with van der Waals surface area (Å²) < 4.78 is 69.1. The maximum atomic E-state index is 13.5. The van der Waals surface area contributed by atoms with Gasteiger partial charge in [-0.15, -0.1) is 0 Å². The highest BCUT2D eigenvalue weighted by molar-refractivity contribution is 7.93. The third-order valence-electron chi connectivity index (χ3n) is 5.67. The van der Waals surface area contributed by atoms with E-state index in [1.54, 1.807) is 32.0 Å². The van der Waals surface area contributed by atoms with Crippen molar-refractivity contribution in [2.45, 2.75) is 30.6 Å². The Bertz CT molecular complexity index is 1720. The summed E-state index contributed by atoms with van der Waals surface area (Å²) >= 11 is 0. The van der Waals surface area contributed by atoms with Gasteiger partial charge < -0.3 is 5.32 Å². The summed E-state index contributed by atoms with van der Waals surface area (Å²) in [5.41, 5.74) is 2.38. The van der Waals surface area contributed by atoms with Gasteiger partial charge in [0.1, 0.15) is 12.4 Å². The molecule has 0 unspecified atom stereocenters. The number of sulfonamides is 2. The van der Waals surface area contributed by atoms with Gasteiger partial charge in [-0.2, -0.15) is 0 Å². The Kier molecular flexibility index (Phi) is 8.16. The first-order valence-electron chi connectivity index (χ1n) is 11.9. The number of carbonyl (C=O) groups is 1. The van der Waals surface area contributed by atoms with Crippen LogP contribution < -0.4 is 14.3 Å². The highest BCUT2D eigenvalue weighted by Crippen LogP contribution is 2.25. The van der Waals surface area contributed by atoms with Crippen LogP contribution in [0.3, 0.4) is 0 Å². The van der Waals surface area contributed by atoms with Crippen LogP contribution in [-0.2, 0) is 24.8 Å². The first kappa shape index (κ1) is 28.6. The standard InChI is InChI=1S/C27H26FN5O5S2/c1-18-4-12-25(13-5-18)40(37,38)33(23-10-6-21(28)7-11-23)17-26(34)31-22-8-14-24(15-9-22)39(35,36)32-27-29-19(2)16-20(3)30-27/h4-16H,17H2,1-3H3,(H,31,34)(H,29,30,32). The first-order valence-corrected chi connectivity index (χ1v) is 14.9. The number of nitrogens with one attached hydrogen (secondary N) is 2. The summed E-state index contributed by atoms with van der Waals surface area (Å²) in [6.45, 7) is 4.62. The summed E-state index contributed by atoms with van der Waals surface area (Å²) in [7, 11) is -8.19. The lowest BCUT2D eigenvalue weighted by atomic mass is 10.2. The van der Waals surface area contributed by atoms with E-state index >= 15 is 0 Å². The molecule has 0 aliphatic rings. The van der Waals surface area contributed by atoms with Gasteiger partial charge in [0.25, 0.3) is 20.0 Å². The molecular formula is C27H26FN5O5S2. The number of carbonyl (C=O) groups excluding carboxylic acids is 1. The molecule has 0 fully saturated rings. The molecule has 0 aliphatic heterocycles. The molecule has 0 spiro atoms. The number of aryl methyl sites for hydroxylation is 3. The molecule has 1 amide bonds. The van der Waals surface area contributed by atoms with Gasteiger partial charge in [-0.05, 0) is 87.5 Å². The average Bonchev–Trinajstić information content (AvgIpc) is 2.87. The van der Waals surface area contributed by atoms with Crippen molar-refractivity contribution in [1.29, 1.82) is 0 Å². The van der Waals surface area contributed by atoms with Crippen molar-refractivity contribution < 1.29 is 26.0 Å². The smallest absolute Gasteiger partial charge is 0.264 e. The highest BCUT2D eigenvalue weighted by Gasteiger charge is 2.27. The van der Waals surface area contributed by atoms with Crippen LogP contribution in [0.5, 0.6) is 0 Å². The van der Waals surface area contributed by atoms with E-state index in [9.17, 15) is 26.0 Å². The van der Waals surface area contributed by atoms with Gasteiger partial charge in [0, 0.05) is 17.1 Å². The van der Waals surface area contributed by atoms with Crippen molar-refractivity contribution in [3.63, 3.8) is 0 Å². The minimum atomic E-state index is -4.18. The maximum absolute atomic E-state index is 13.5. The number of halogens is 1. The molecule has 0 aliphatic carbocycles. The Morgan fingerprint density at radius 1 is 0.800 bits per heavy atom. The Hall–Kier alpha value is -4.36. The van der Waals surface area contributed by atoms with E-state index in [0.717, 1.165) is 22.0 Å². The van der Waals surface area contributed by atoms with E-state index in [-0.39, 0.29) is 27.1 Å². The molecule has 0 atom stereocenters. The predicted octanol–water partition coefficient (Wildman–Crippen LogP) is 4.18. The van der Waals surface area contributed by atoms with E-state index in [2.05, 4.69) is 20.0 Å². The maximum Gasteiger partial charge on any atom is 0.264 e. The summed E-state index contributed by atoms with van der Waals surface area (Å²) in [6.07, 6.45) is 0. The fourth-order valence-corrected chi connectivity index (χ4v) is 6.12. The normalized spacial score (nSPS) is 11.6. The first-order chi connectivity index (χ1) is 18.8. The van der Waals surface area contributed by atoms with E-state index < -0.39 is 38.3 Å². The number of aromatic nitrogens is 2. The number of benzene rings is 3. The molecule has 13 heteroatoms. The van der Waals surface area contributed by atoms with Crippen LogP contribution in [0.4, 0.5) is 21.7 Å². The monoisotopic (exact) mass is 583 g/mol. The van der Waals surface area contributed by atoms with Gasteiger partial charge in [-0.1, -0.05) is 17.7 Å². The molecule has 0 saturated carbocycles. The highest BCUT2D eigenvalue weighted by atomic mass is 32.2. The van der Waals surface area contributed by atoms with Crippen LogP contribution in [0.2, 0.25) is 0 Å². The van der Waals surface area contributed by atoms with Crippen molar-refractivity contribution >= 4 is 43.3 Å². The van der Waals surface area contributed by atoms with Crippen LogP contribution in [0.15, 0.2) is 88.7 Å². The van der Waals surface area contributed by atoms with Crippen molar-refractivity contribution in [1.82, 2.24) is 9.97 Å². The second-order valence-corrected chi connectivity index (χ2v) is 12.5. The molecule has 2 N–H and O–H groups in total. The Labute approximate surface area is 232 Å². The molecule has 3 aromatic carbocycles. The Balaban J connectivity index is 1.53. The summed E-state index contributed by atoms with van der Waals surface area (Å²) in [6, 6.07) is 17.8. The van der Waals surface area contributed by atoms with Crippen molar-refractivity contribution in [3.8, 4) is 0 Å². The molecule has 0 radical (unpaired) electrons. The van der Waals surface area contributed by atoms with Gasteiger partial charge >= 0.3 is 0 Å². The second kappa shape index (κ2) is 11.4. The van der Waals surface area contributed by atoms with E-state index in [1.165, 1.54) is 48.5 Å². The van der Waals surface area contributed by atoms with Gasteiger partial charge in [0.2, 0.25) is 11.9 Å². The zero-order valence-electron chi connectivity index (χ0n) is 21.8. The molecule has 4 aromatic rings. The molecular weight excluding hydrogens is 557 g/mol. The summed E-state index contributed by atoms with van der Waals surface area (Å²) in [5, 5.41) is 2.57. The SMILES string of the molecule is Cc1ccc(S(=O)(=O)N(CC(=O)Nc2ccc(S(=O)(=O)Nc3nc(C)cc(C)n3)cc2)c2ccc(F)cc2)cc1. The van der Waals surface area contributed by atoms with Crippen LogP contribution in [0.25, 0.3) is 0 Å². The largest absolute Gasteiger partial charge is 0.325 e. The van der Waals surface area contributed by atoms with Crippen LogP contribution in [0, 0.1) is 26.6 Å². The lowest BCUT2D eigenvalue weighted by Crippen LogP contribution is -2.38. The molecule has 10 nitrogen and oxygen atoms in total. The lowest BCUT2D eigenvalue weighted by Gasteiger charge is -2.24. The number of anilines is 3. The van der Waals surface area contributed by atoms with E-state index in [0.29, 0.717) is 11.4 Å². The molecule has 1 aromatic heterocycles. The number of hydrogen-bond acceptors (Lipinski definition) is 7. The Morgan fingerprint density at radius 2 is 1.35 bits per heavy atom. The zero-order chi connectivity index (χ0) is 29.1. The van der Waals surface area contributed by atoms with Crippen molar-refractivity contribution in [2.75, 3.05) is 20.9 Å². The minimum Gasteiger partial charge on any atom is -0.325 e. The third-order valence-corrected chi connectivity index (χ3v) is 8.80. The second-order valence-electron chi connectivity index (χ2n) is 8.95. The Morgan fingerprint density at radius 3 is 1.93 bits per heavy atom. The number of nitrogens with zero attached hydrogens (tertiary/aromatic N) is 3. The molecule has 40 heavy (non-hydrogen) atoms. The lowest BCUT2D eigenvalue weighted by molar-refractivity contribution is -0.114. The van der Waals surface area contributed by atoms with E-state index in [1.807, 2.05) is 6.92 Å². The van der Waals surface area contributed by atoms with Crippen molar-refractivity contribution in [3.05, 3.63) is 102 Å². The van der Waals surface area contributed by atoms with E-state index in [4.69, 9.17) is 0 Å². The van der Waals surface area contributed by atoms with Crippen LogP contribution in [-0.4, -0.2) is 39.3 Å². The van der Waals surface area contributed by atoms with Gasteiger partial charge in [0.15, 0.2) is 0 Å². The average molecular weight is 584 g/mol. The number of hydrogen-bond donors (Lipinski definition) is 2. The van der Waals surface area contributed by atoms with Crippen LogP contribution in [0.1, 0.15) is 17.0 Å². The summed E-state index contributed by atoms with van der Waals surface area (Å²) in [5.74, 6) is -1.32. The number of amides is 1. The fraction of sp³-hybridized carbons (Fsp3) is 0.148. The fourth-order valence-electron chi connectivity index (χ4n) is 3.76. The molecule has 1 heterocycles. The number of rotatable bonds is 9. The van der Waals surface area contributed by atoms with Gasteiger partial charge in [-0.3, -0.25) is 9.10 Å². The quantitative estimate of drug-likeness (QED) is 0.302.